The molecule has 0 radical (unpaired) electrons. The second-order valence-electron chi connectivity index (χ2n) is 5.49. The molecule has 2 unspecified atom stereocenters. The number of thiophene rings is 1. The second kappa shape index (κ2) is 7.47. The molecule has 1 aromatic rings. The summed E-state index contributed by atoms with van der Waals surface area (Å²) in [6, 6.07) is 2.17. The van der Waals surface area contributed by atoms with Gasteiger partial charge in [0.05, 0.1) is 17.0 Å². The molecule has 20 heavy (non-hydrogen) atoms. The van der Waals surface area contributed by atoms with E-state index in [1.54, 1.807) is 0 Å². The first-order valence-corrected chi connectivity index (χ1v) is 8.15. The minimum absolute atomic E-state index is 0.0293. The summed E-state index contributed by atoms with van der Waals surface area (Å²) in [5.41, 5.74) is 6.06. The zero-order valence-corrected chi connectivity index (χ0v) is 12.8. The summed E-state index contributed by atoms with van der Waals surface area (Å²) in [6.45, 7) is 2.64. The number of hydrogen-bond donors (Lipinski definition) is 2. The molecule has 0 aliphatic heterocycles. The highest BCUT2D eigenvalue weighted by Crippen LogP contribution is 2.23. The Morgan fingerprint density at radius 2 is 2.30 bits per heavy atom. The fourth-order valence-corrected chi connectivity index (χ4v) is 3.31. The van der Waals surface area contributed by atoms with Crippen LogP contribution in [0.25, 0.3) is 0 Å². The summed E-state index contributed by atoms with van der Waals surface area (Å²) in [4.78, 5) is 13.1. The quantitative estimate of drug-likeness (QED) is 0.650. The Labute approximate surface area is 124 Å². The van der Waals surface area contributed by atoms with Crippen LogP contribution in [0.15, 0.2) is 11.4 Å². The van der Waals surface area contributed by atoms with E-state index in [0.717, 1.165) is 23.6 Å². The zero-order valence-electron chi connectivity index (χ0n) is 11.9. The lowest BCUT2D eigenvalue weighted by molar-refractivity contribution is 0.0933. The molecule has 0 spiro atoms. The molecule has 3 N–H and O–H groups in total. The maximum atomic E-state index is 12.2. The normalized spacial score (nSPS) is 22.5. The molecule has 1 saturated carbocycles. The van der Waals surface area contributed by atoms with Crippen LogP contribution in [0.3, 0.4) is 0 Å². The summed E-state index contributed by atoms with van der Waals surface area (Å²) >= 11 is 1.49. The SMILES string of the molecule is CC1CCCC(NC(=O)c2csc(C#CCN)c2)CC1. The molecule has 4 heteroatoms. The summed E-state index contributed by atoms with van der Waals surface area (Å²) in [6.07, 6.45) is 5.89. The van der Waals surface area contributed by atoms with Crippen LogP contribution in [0.5, 0.6) is 0 Å². The van der Waals surface area contributed by atoms with E-state index in [1.165, 1.54) is 30.6 Å². The summed E-state index contributed by atoms with van der Waals surface area (Å²) < 4.78 is 0. The Balaban J connectivity index is 1.92. The van der Waals surface area contributed by atoms with Crippen LogP contribution in [-0.2, 0) is 0 Å². The fraction of sp³-hybridized carbons (Fsp3) is 0.562. The van der Waals surface area contributed by atoms with Crippen LogP contribution in [0, 0.1) is 17.8 Å². The van der Waals surface area contributed by atoms with Gasteiger partial charge in [-0.2, -0.15) is 0 Å². The van der Waals surface area contributed by atoms with Crippen molar-refractivity contribution in [1.82, 2.24) is 5.32 Å². The fourth-order valence-electron chi connectivity index (χ4n) is 2.56. The van der Waals surface area contributed by atoms with Crippen LogP contribution < -0.4 is 11.1 Å². The molecule has 2 atom stereocenters. The van der Waals surface area contributed by atoms with E-state index < -0.39 is 0 Å². The summed E-state index contributed by atoms with van der Waals surface area (Å²) in [5.74, 6) is 6.59. The highest BCUT2D eigenvalue weighted by atomic mass is 32.1. The predicted octanol–water partition coefficient (Wildman–Crippen LogP) is 2.76. The molecule has 1 heterocycles. The summed E-state index contributed by atoms with van der Waals surface area (Å²) in [7, 11) is 0. The van der Waals surface area contributed by atoms with Gasteiger partial charge in [0, 0.05) is 11.4 Å². The van der Waals surface area contributed by atoms with Gasteiger partial charge in [0.2, 0.25) is 0 Å². The molecular formula is C16H22N2OS. The van der Waals surface area contributed by atoms with E-state index >= 15 is 0 Å². The van der Waals surface area contributed by atoms with E-state index in [9.17, 15) is 4.79 Å². The van der Waals surface area contributed by atoms with Gasteiger partial charge in [-0.05, 0) is 31.2 Å². The lowest BCUT2D eigenvalue weighted by Gasteiger charge is -2.15. The predicted molar refractivity (Wildman–Crippen MR) is 83.8 cm³/mol. The maximum Gasteiger partial charge on any atom is 0.252 e. The van der Waals surface area contributed by atoms with Gasteiger partial charge in [-0.1, -0.05) is 31.6 Å². The van der Waals surface area contributed by atoms with Crippen molar-refractivity contribution in [2.45, 2.75) is 45.1 Å². The molecule has 108 valence electrons. The van der Waals surface area contributed by atoms with Crippen LogP contribution in [-0.4, -0.2) is 18.5 Å². The van der Waals surface area contributed by atoms with Gasteiger partial charge in [-0.3, -0.25) is 4.79 Å². The Morgan fingerprint density at radius 3 is 3.10 bits per heavy atom. The summed E-state index contributed by atoms with van der Waals surface area (Å²) in [5, 5.41) is 5.03. The number of carbonyl (C=O) groups is 1. The number of nitrogens with one attached hydrogen (secondary N) is 1. The molecule has 0 saturated heterocycles. The number of carbonyl (C=O) groups excluding carboxylic acids is 1. The molecule has 1 aromatic heterocycles. The van der Waals surface area contributed by atoms with Gasteiger partial charge in [-0.15, -0.1) is 11.3 Å². The smallest absolute Gasteiger partial charge is 0.252 e. The molecular weight excluding hydrogens is 268 g/mol. The van der Waals surface area contributed by atoms with E-state index in [4.69, 9.17) is 5.73 Å². The standard InChI is InChI=1S/C16H22N2OS/c1-12-4-2-5-14(8-7-12)18-16(19)13-10-15(20-11-13)6-3-9-17/h10-12,14H,2,4-5,7-9,17H2,1H3,(H,18,19). The molecule has 1 aliphatic rings. The van der Waals surface area contributed by atoms with Crippen molar-refractivity contribution in [2.24, 2.45) is 11.7 Å². The Morgan fingerprint density at radius 1 is 1.45 bits per heavy atom. The second-order valence-corrected chi connectivity index (χ2v) is 6.40. The lowest BCUT2D eigenvalue weighted by Crippen LogP contribution is -2.34. The number of nitrogens with two attached hydrogens (primary N) is 1. The Kier molecular flexibility index (Phi) is 5.63. The number of amides is 1. The van der Waals surface area contributed by atoms with E-state index in [2.05, 4.69) is 24.1 Å². The van der Waals surface area contributed by atoms with Crippen LogP contribution >= 0.6 is 11.3 Å². The lowest BCUT2D eigenvalue weighted by atomic mass is 10.0. The third-order valence-electron chi connectivity index (χ3n) is 3.77. The van der Waals surface area contributed by atoms with Crippen molar-refractivity contribution < 1.29 is 4.79 Å². The molecule has 1 fully saturated rings. The highest BCUT2D eigenvalue weighted by Gasteiger charge is 2.19. The Hall–Kier alpha value is -1.31. The van der Waals surface area contributed by atoms with Crippen LogP contribution in [0.2, 0.25) is 0 Å². The van der Waals surface area contributed by atoms with Crippen molar-refractivity contribution in [3.8, 4) is 11.8 Å². The van der Waals surface area contributed by atoms with Crippen molar-refractivity contribution in [3.05, 3.63) is 21.9 Å². The van der Waals surface area contributed by atoms with Crippen molar-refractivity contribution in [3.63, 3.8) is 0 Å². The molecule has 1 aliphatic carbocycles. The third-order valence-corrected chi connectivity index (χ3v) is 4.61. The highest BCUT2D eigenvalue weighted by molar-refractivity contribution is 7.10. The van der Waals surface area contributed by atoms with Crippen LogP contribution in [0.1, 0.15) is 54.3 Å². The molecule has 3 nitrogen and oxygen atoms in total. The number of hydrogen-bond acceptors (Lipinski definition) is 3. The van der Waals surface area contributed by atoms with E-state index in [0.29, 0.717) is 18.2 Å². The van der Waals surface area contributed by atoms with Crippen molar-refractivity contribution in [2.75, 3.05) is 6.54 Å². The van der Waals surface area contributed by atoms with Gasteiger partial charge in [0.15, 0.2) is 0 Å². The van der Waals surface area contributed by atoms with Gasteiger partial charge in [-0.25, -0.2) is 0 Å². The van der Waals surface area contributed by atoms with Gasteiger partial charge in [0.25, 0.3) is 5.91 Å². The first-order valence-electron chi connectivity index (χ1n) is 7.27. The maximum absolute atomic E-state index is 12.2. The zero-order chi connectivity index (χ0) is 14.4. The third kappa shape index (κ3) is 4.36. The topological polar surface area (TPSA) is 55.1 Å². The Bertz CT molecular complexity index is 512. The average molecular weight is 290 g/mol. The van der Waals surface area contributed by atoms with E-state index in [1.807, 2.05) is 11.4 Å². The average Bonchev–Trinajstić information content (AvgIpc) is 2.82. The van der Waals surface area contributed by atoms with E-state index in [-0.39, 0.29) is 5.91 Å². The molecule has 0 bridgehead atoms. The molecule has 0 aromatic carbocycles. The van der Waals surface area contributed by atoms with Gasteiger partial charge < -0.3 is 11.1 Å². The first-order chi connectivity index (χ1) is 9.69. The number of rotatable bonds is 2. The van der Waals surface area contributed by atoms with Crippen molar-refractivity contribution >= 4 is 17.2 Å². The van der Waals surface area contributed by atoms with Crippen molar-refractivity contribution in [1.29, 1.82) is 0 Å². The molecule has 1 amide bonds. The van der Waals surface area contributed by atoms with Gasteiger partial charge >= 0.3 is 0 Å². The monoisotopic (exact) mass is 290 g/mol. The largest absolute Gasteiger partial charge is 0.349 e. The van der Waals surface area contributed by atoms with Crippen LogP contribution in [0.4, 0.5) is 0 Å². The van der Waals surface area contributed by atoms with Gasteiger partial charge in [0.1, 0.15) is 0 Å². The minimum Gasteiger partial charge on any atom is -0.349 e. The first kappa shape index (κ1) is 15.1. The molecule has 2 rings (SSSR count). The minimum atomic E-state index is 0.0293.